The maximum atomic E-state index is 6.02. The molecule has 0 unspecified atom stereocenters. The molecular formula is C33H40N10. The minimum absolute atomic E-state index is 0.164. The fourth-order valence-electron chi connectivity index (χ4n) is 6.73. The van der Waals surface area contributed by atoms with Crippen molar-refractivity contribution in [1.29, 1.82) is 0 Å². The SMILES string of the molecule is Nc1nc(Nc2ccc(C=CCN3CCC(N4CCCCC4)CC3)nc2)n(-c2cc3c(nn2)-c2ccccc2CCC3)n1. The molecule has 4 aromatic rings. The number of likely N-dealkylation sites (tertiary alicyclic amines) is 2. The second kappa shape index (κ2) is 12.6. The lowest BCUT2D eigenvalue weighted by molar-refractivity contribution is 0.0975. The normalized spacial score (nSPS) is 18.3. The van der Waals surface area contributed by atoms with Crippen LogP contribution >= 0.6 is 0 Å². The monoisotopic (exact) mass is 576 g/mol. The molecule has 0 bridgehead atoms. The van der Waals surface area contributed by atoms with Gasteiger partial charge in [0.15, 0.2) is 5.82 Å². The molecule has 0 radical (unpaired) electrons. The smallest absolute Gasteiger partial charge is 0.241 e. The Kier molecular flexibility index (Phi) is 8.11. The minimum Gasteiger partial charge on any atom is -0.366 e. The van der Waals surface area contributed by atoms with Crippen LogP contribution < -0.4 is 11.1 Å². The largest absolute Gasteiger partial charge is 0.366 e. The van der Waals surface area contributed by atoms with Gasteiger partial charge < -0.3 is 16.0 Å². The molecule has 3 aromatic heterocycles. The van der Waals surface area contributed by atoms with Crippen molar-refractivity contribution >= 4 is 23.7 Å². The van der Waals surface area contributed by atoms with Crippen LogP contribution in [0, 0.1) is 0 Å². The van der Waals surface area contributed by atoms with Crippen LogP contribution in [0.15, 0.2) is 54.7 Å². The van der Waals surface area contributed by atoms with Crippen molar-refractivity contribution < 1.29 is 0 Å². The van der Waals surface area contributed by atoms with E-state index in [9.17, 15) is 0 Å². The quantitative estimate of drug-likeness (QED) is 0.317. The number of nitrogens with zero attached hydrogens (tertiary/aromatic N) is 8. The number of hydrogen-bond acceptors (Lipinski definition) is 9. The van der Waals surface area contributed by atoms with Gasteiger partial charge in [-0.3, -0.25) is 9.88 Å². The van der Waals surface area contributed by atoms with Crippen LogP contribution in [-0.2, 0) is 12.8 Å². The number of aryl methyl sites for hydroxylation is 2. The number of aromatic nitrogens is 6. The Bertz CT molecular complexity index is 1560. The highest BCUT2D eigenvalue weighted by atomic mass is 15.5. The van der Waals surface area contributed by atoms with Gasteiger partial charge in [0, 0.05) is 18.2 Å². The van der Waals surface area contributed by atoms with E-state index in [4.69, 9.17) is 5.73 Å². The zero-order chi connectivity index (χ0) is 29.0. The lowest BCUT2D eigenvalue weighted by atomic mass is 10.00. The van der Waals surface area contributed by atoms with Gasteiger partial charge in [-0.15, -0.1) is 15.3 Å². The molecule has 0 amide bonds. The average molecular weight is 577 g/mol. The minimum atomic E-state index is 0.164. The van der Waals surface area contributed by atoms with Crippen LogP contribution in [0.2, 0.25) is 0 Å². The van der Waals surface area contributed by atoms with Crippen LogP contribution in [0.1, 0.15) is 55.3 Å². The molecule has 0 spiro atoms. The van der Waals surface area contributed by atoms with E-state index in [1.165, 1.54) is 63.8 Å². The van der Waals surface area contributed by atoms with E-state index in [1.807, 2.05) is 18.2 Å². The molecule has 43 heavy (non-hydrogen) atoms. The molecule has 3 aliphatic rings. The summed E-state index contributed by atoms with van der Waals surface area (Å²) in [6.07, 6.45) is 15.9. The average Bonchev–Trinajstić information content (AvgIpc) is 3.31. The van der Waals surface area contributed by atoms with Crippen LogP contribution in [-0.4, -0.2) is 78.5 Å². The van der Waals surface area contributed by atoms with E-state index < -0.39 is 0 Å². The first-order chi connectivity index (χ1) is 21.2. The standard InChI is InChI=1S/C33H40N10/c34-32-37-33(43(40-32)30-22-25-10-6-9-24-8-2-3-12-29(24)31(25)39-38-30)36-27-14-13-26(35-23-27)11-7-17-41-20-15-28(16-21-41)42-18-4-1-5-19-42/h2-3,7-8,11-14,22-23,28H,1,4-6,9-10,15-21H2,(H3,34,36,37,40). The number of nitrogens with one attached hydrogen (secondary N) is 1. The lowest BCUT2D eigenvalue weighted by Gasteiger charge is -2.40. The Morgan fingerprint density at radius 2 is 1.74 bits per heavy atom. The number of nitrogens with two attached hydrogens (primary N) is 1. The first-order valence-corrected chi connectivity index (χ1v) is 15.7. The Labute approximate surface area is 253 Å². The third-order valence-corrected chi connectivity index (χ3v) is 9.02. The number of benzene rings is 1. The van der Waals surface area contributed by atoms with Crippen molar-refractivity contribution in [2.24, 2.45) is 0 Å². The molecule has 2 aliphatic heterocycles. The van der Waals surface area contributed by atoms with Crippen molar-refractivity contribution in [2.75, 3.05) is 43.8 Å². The van der Waals surface area contributed by atoms with Crippen molar-refractivity contribution in [1.82, 2.24) is 39.7 Å². The molecule has 10 heteroatoms. The molecule has 1 aromatic carbocycles. The summed E-state index contributed by atoms with van der Waals surface area (Å²) in [5.41, 5.74) is 12.3. The number of pyridine rings is 1. The summed E-state index contributed by atoms with van der Waals surface area (Å²) in [6, 6.07) is 15.3. The van der Waals surface area contributed by atoms with E-state index >= 15 is 0 Å². The summed E-state index contributed by atoms with van der Waals surface area (Å²) >= 11 is 0. The second-order valence-corrected chi connectivity index (χ2v) is 11.9. The molecule has 2 fully saturated rings. The van der Waals surface area contributed by atoms with E-state index in [2.05, 4.69) is 76.8 Å². The van der Waals surface area contributed by atoms with Crippen molar-refractivity contribution in [3.8, 4) is 17.1 Å². The molecule has 3 N–H and O–H groups in total. The molecule has 1 aliphatic carbocycles. The highest BCUT2D eigenvalue weighted by Gasteiger charge is 2.25. The van der Waals surface area contributed by atoms with Gasteiger partial charge in [0.25, 0.3) is 0 Å². The Balaban J connectivity index is 0.980. The molecule has 222 valence electrons. The molecular weight excluding hydrogens is 536 g/mol. The highest BCUT2D eigenvalue weighted by molar-refractivity contribution is 5.68. The van der Waals surface area contributed by atoms with E-state index in [-0.39, 0.29) is 5.95 Å². The fraction of sp³-hybridized carbons (Fsp3) is 0.424. The number of rotatable bonds is 7. The molecule has 10 nitrogen and oxygen atoms in total. The maximum Gasteiger partial charge on any atom is 0.241 e. The summed E-state index contributed by atoms with van der Waals surface area (Å²) < 4.78 is 1.61. The van der Waals surface area contributed by atoms with E-state index in [1.54, 1.807) is 10.9 Å². The number of nitrogen functional groups attached to an aromatic ring is 1. The Hall–Kier alpha value is -4.15. The van der Waals surface area contributed by atoms with Crippen molar-refractivity contribution in [3.63, 3.8) is 0 Å². The number of piperidine rings is 2. The summed E-state index contributed by atoms with van der Waals surface area (Å²) in [5, 5.41) is 16.9. The van der Waals surface area contributed by atoms with Gasteiger partial charge in [0.05, 0.1) is 23.3 Å². The van der Waals surface area contributed by atoms with Gasteiger partial charge in [0.2, 0.25) is 11.9 Å². The first-order valence-electron chi connectivity index (χ1n) is 15.7. The predicted molar refractivity (Wildman–Crippen MR) is 170 cm³/mol. The molecule has 7 rings (SSSR count). The molecule has 0 atom stereocenters. The zero-order valence-corrected chi connectivity index (χ0v) is 24.7. The van der Waals surface area contributed by atoms with Gasteiger partial charge in [0.1, 0.15) is 0 Å². The van der Waals surface area contributed by atoms with Gasteiger partial charge in [-0.25, -0.2) is 0 Å². The van der Waals surface area contributed by atoms with Crippen molar-refractivity contribution in [3.05, 3.63) is 71.6 Å². The zero-order valence-electron chi connectivity index (χ0n) is 24.7. The Morgan fingerprint density at radius 1 is 0.907 bits per heavy atom. The third kappa shape index (κ3) is 6.30. The first kappa shape index (κ1) is 27.7. The van der Waals surface area contributed by atoms with Crippen LogP contribution in [0.4, 0.5) is 17.6 Å². The summed E-state index contributed by atoms with van der Waals surface area (Å²) in [4.78, 5) is 14.3. The third-order valence-electron chi connectivity index (χ3n) is 9.02. The van der Waals surface area contributed by atoms with E-state index in [0.29, 0.717) is 11.8 Å². The summed E-state index contributed by atoms with van der Waals surface area (Å²) in [6.45, 7) is 5.90. The lowest BCUT2D eigenvalue weighted by Crippen LogP contribution is -2.46. The molecule has 0 saturated carbocycles. The Morgan fingerprint density at radius 3 is 2.58 bits per heavy atom. The van der Waals surface area contributed by atoms with Gasteiger partial charge in [-0.1, -0.05) is 36.8 Å². The van der Waals surface area contributed by atoms with Crippen LogP contribution in [0.25, 0.3) is 23.2 Å². The van der Waals surface area contributed by atoms with Gasteiger partial charge >= 0.3 is 0 Å². The van der Waals surface area contributed by atoms with E-state index in [0.717, 1.165) is 60.1 Å². The number of anilines is 3. The predicted octanol–water partition coefficient (Wildman–Crippen LogP) is 4.90. The highest BCUT2D eigenvalue weighted by Crippen LogP contribution is 2.31. The maximum absolute atomic E-state index is 6.02. The van der Waals surface area contributed by atoms with Crippen LogP contribution in [0.5, 0.6) is 0 Å². The molecule has 2 saturated heterocycles. The molecule has 5 heterocycles. The van der Waals surface area contributed by atoms with Crippen molar-refractivity contribution in [2.45, 2.75) is 57.4 Å². The van der Waals surface area contributed by atoms with Gasteiger partial charge in [-0.05, 0) is 107 Å². The second-order valence-electron chi connectivity index (χ2n) is 11.9. The number of hydrogen-bond donors (Lipinski definition) is 2. The fourth-order valence-corrected chi connectivity index (χ4v) is 6.73. The topological polar surface area (TPSA) is 114 Å². The summed E-state index contributed by atoms with van der Waals surface area (Å²) in [7, 11) is 0. The summed E-state index contributed by atoms with van der Waals surface area (Å²) in [5.74, 6) is 1.22. The van der Waals surface area contributed by atoms with Gasteiger partial charge in [-0.2, -0.15) is 9.67 Å². The number of fused-ring (bicyclic) bond motifs is 3. The van der Waals surface area contributed by atoms with Crippen LogP contribution in [0.3, 0.4) is 0 Å².